The predicted octanol–water partition coefficient (Wildman–Crippen LogP) is 2.76. The van der Waals surface area contributed by atoms with Gasteiger partial charge >= 0.3 is 0 Å². The average Bonchev–Trinajstić information content (AvgIpc) is 2.83. The molecule has 1 atom stereocenters. The zero-order valence-electron chi connectivity index (χ0n) is 9.34. The standard InChI is InChI=1S/C12H23N/c1-4-13-8-11(10(2)3)7-12(9-13)5-6-12/h10-11H,4-9H2,1-3H3/t11-/m0/s1. The zero-order chi connectivity index (χ0) is 9.47. The highest BCUT2D eigenvalue weighted by atomic mass is 15.1. The molecule has 2 fully saturated rings. The monoisotopic (exact) mass is 181 g/mol. The molecule has 1 aliphatic heterocycles. The molecule has 13 heavy (non-hydrogen) atoms. The van der Waals surface area contributed by atoms with Crippen molar-refractivity contribution in [2.24, 2.45) is 17.3 Å². The van der Waals surface area contributed by atoms with Gasteiger partial charge in [0, 0.05) is 13.1 Å². The zero-order valence-corrected chi connectivity index (χ0v) is 9.34. The van der Waals surface area contributed by atoms with Crippen molar-refractivity contribution < 1.29 is 0 Å². The smallest absolute Gasteiger partial charge is 0.00381 e. The van der Waals surface area contributed by atoms with Crippen LogP contribution in [0.5, 0.6) is 0 Å². The SMILES string of the molecule is CCN1C[C@@H](C(C)C)CC2(CC2)C1. The van der Waals surface area contributed by atoms with Crippen molar-refractivity contribution in [3.8, 4) is 0 Å². The summed E-state index contributed by atoms with van der Waals surface area (Å²) in [4.78, 5) is 2.67. The Labute approximate surface area is 82.5 Å². The third-order valence-electron chi connectivity index (χ3n) is 4.09. The number of hydrogen-bond acceptors (Lipinski definition) is 1. The van der Waals surface area contributed by atoms with Crippen LogP contribution in [-0.2, 0) is 0 Å². The van der Waals surface area contributed by atoms with E-state index in [1.807, 2.05) is 0 Å². The topological polar surface area (TPSA) is 3.24 Å². The van der Waals surface area contributed by atoms with E-state index in [0.717, 1.165) is 17.3 Å². The molecule has 2 aliphatic rings. The van der Waals surface area contributed by atoms with Gasteiger partial charge in [-0.05, 0) is 43.1 Å². The Morgan fingerprint density at radius 1 is 1.38 bits per heavy atom. The first-order valence-corrected chi connectivity index (χ1v) is 5.87. The molecule has 2 rings (SSSR count). The molecule has 1 spiro atoms. The van der Waals surface area contributed by atoms with E-state index in [1.54, 1.807) is 0 Å². The van der Waals surface area contributed by atoms with E-state index >= 15 is 0 Å². The average molecular weight is 181 g/mol. The minimum atomic E-state index is 0.781. The van der Waals surface area contributed by atoms with Crippen molar-refractivity contribution in [2.45, 2.75) is 40.0 Å². The number of nitrogens with zero attached hydrogens (tertiary/aromatic N) is 1. The molecule has 0 unspecified atom stereocenters. The van der Waals surface area contributed by atoms with Gasteiger partial charge in [0.2, 0.25) is 0 Å². The summed E-state index contributed by atoms with van der Waals surface area (Å²) in [6, 6.07) is 0. The van der Waals surface area contributed by atoms with Gasteiger partial charge in [0.15, 0.2) is 0 Å². The molecule has 0 radical (unpaired) electrons. The maximum absolute atomic E-state index is 2.67. The molecular weight excluding hydrogens is 158 g/mol. The number of hydrogen-bond donors (Lipinski definition) is 0. The summed E-state index contributed by atoms with van der Waals surface area (Å²) in [5.41, 5.74) is 0.781. The van der Waals surface area contributed by atoms with Crippen LogP contribution in [0.4, 0.5) is 0 Å². The molecule has 0 amide bonds. The van der Waals surface area contributed by atoms with Gasteiger partial charge in [0.25, 0.3) is 0 Å². The second kappa shape index (κ2) is 3.27. The highest BCUT2D eigenvalue weighted by Gasteiger charge is 2.48. The summed E-state index contributed by atoms with van der Waals surface area (Å²) < 4.78 is 0. The lowest BCUT2D eigenvalue weighted by Gasteiger charge is -2.39. The van der Waals surface area contributed by atoms with Crippen molar-refractivity contribution in [3.63, 3.8) is 0 Å². The van der Waals surface area contributed by atoms with E-state index in [0.29, 0.717) is 0 Å². The normalized spacial score (nSPS) is 32.8. The van der Waals surface area contributed by atoms with Crippen molar-refractivity contribution in [1.82, 2.24) is 4.90 Å². The summed E-state index contributed by atoms with van der Waals surface area (Å²) in [6.45, 7) is 11.1. The summed E-state index contributed by atoms with van der Waals surface area (Å²) in [6.07, 6.45) is 4.53. The maximum atomic E-state index is 2.67. The minimum Gasteiger partial charge on any atom is -0.303 e. The second-order valence-corrected chi connectivity index (χ2v) is 5.54. The number of likely N-dealkylation sites (tertiary alicyclic amines) is 1. The Bertz CT molecular complexity index is 182. The van der Waals surface area contributed by atoms with Crippen LogP contribution in [0, 0.1) is 17.3 Å². The maximum Gasteiger partial charge on any atom is 0.00381 e. The molecule has 76 valence electrons. The Hall–Kier alpha value is -0.0400. The first-order chi connectivity index (χ1) is 6.15. The van der Waals surface area contributed by atoms with E-state index in [2.05, 4.69) is 25.7 Å². The molecular formula is C12H23N. The summed E-state index contributed by atoms with van der Waals surface area (Å²) in [7, 11) is 0. The van der Waals surface area contributed by atoms with E-state index in [-0.39, 0.29) is 0 Å². The fraction of sp³-hybridized carbons (Fsp3) is 1.00. The van der Waals surface area contributed by atoms with Gasteiger partial charge in [-0.25, -0.2) is 0 Å². The molecule has 0 aromatic heterocycles. The number of piperidine rings is 1. The van der Waals surface area contributed by atoms with Gasteiger partial charge in [-0.1, -0.05) is 20.8 Å². The second-order valence-electron chi connectivity index (χ2n) is 5.54. The van der Waals surface area contributed by atoms with Crippen LogP contribution in [0.2, 0.25) is 0 Å². The van der Waals surface area contributed by atoms with Crippen molar-refractivity contribution in [1.29, 1.82) is 0 Å². The van der Waals surface area contributed by atoms with Gasteiger partial charge in [-0.3, -0.25) is 0 Å². The van der Waals surface area contributed by atoms with Crippen LogP contribution >= 0.6 is 0 Å². The molecule has 0 aromatic rings. The van der Waals surface area contributed by atoms with Crippen LogP contribution in [-0.4, -0.2) is 24.5 Å². The molecule has 1 aliphatic carbocycles. The molecule has 0 aromatic carbocycles. The summed E-state index contributed by atoms with van der Waals surface area (Å²) in [5, 5.41) is 0. The summed E-state index contributed by atoms with van der Waals surface area (Å²) >= 11 is 0. The van der Waals surface area contributed by atoms with Gasteiger partial charge in [-0.2, -0.15) is 0 Å². The first-order valence-electron chi connectivity index (χ1n) is 5.87. The van der Waals surface area contributed by atoms with Crippen molar-refractivity contribution in [2.75, 3.05) is 19.6 Å². The summed E-state index contributed by atoms with van der Waals surface area (Å²) in [5.74, 6) is 1.85. The van der Waals surface area contributed by atoms with Crippen LogP contribution in [0.15, 0.2) is 0 Å². The van der Waals surface area contributed by atoms with Crippen molar-refractivity contribution in [3.05, 3.63) is 0 Å². The Kier molecular flexibility index (Phi) is 2.39. The third-order valence-corrected chi connectivity index (χ3v) is 4.09. The molecule has 1 saturated heterocycles. The number of rotatable bonds is 2. The van der Waals surface area contributed by atoms with Gasteiger partial charge in [0.1, 0.15) is 0 Å². The first kappa shape index (κ1) is 9.51. The Balaban J connectivity index is 1.99. The lowest BCUT2D eigenvalue weighted by molar-refractivity contribution is 0.0926. The van der Waals surface area contributed by atoms with E-state index < -0.39 is 0 Å². The molecule has 0 bridgehead atoms. The molecule has 0 N–H and O–H groups in total. The van der Waals surface area contributed by atoms with Crippen LogP contribution < -0.4 is 0 Å². The van der Waals surface area contributed by atoms with Crippen LogP contribution in [0.3, 0.4) is 0 Å². The Morgan fingerprint density at radius 3 is 2.54 bits per heavy atom. The molecule has 1 saturated carbocycles. The van der Waals surface area contributed by atoms with Crippen LogP contribution in [0.1, 0.15) is 40.0 Å². The fourth-order valence-electron chi connectivity index (χ4n) is 2.78. The highest BCUT2D eigenvalue weighted by molar-refractivity contribution is 5.00. The molecule has 1 heteroatoms. The Morgan fingerprint density at radius 2 is 2.08 bits per heavy atom. The van der Waals surface area contributed by atoms with E-state index in [4.69, 9.17) is 0 Å². The van der Waals surface area contributed by atoms with Crippen molar-refractivity contribution >= 4 is 0 Å². The van der Waals surface area contributed by atoms with Crippen LogP contribution in [0.25, 0.3) is 0 Å². The predicted molar refractivity (Wildman–Crippen MR) is 56.7 cm³/mol. The van der Waals surface area contributed by atoms with E-state index in [9.17, 15) is 0 Å². The van der Waals surface area contributed by atoms with E-state index in [1.165, 1.54) is 38.9 Å². The van der Waals surface area contributed by atoms with Gasteiger partial charge < -0.3 is 4.90 Å². The quantitative estimate of drug-likeness (QED) is 0.633. The third kappa shape index (κ3) is 1.90. The van der Waals surface area contributed by atoms with Gasteiger partial charge in [0.05, 0.1) is 0 Å². The largest absolute Gasteiger partial charge is 0.303 e. The fourth-order valence-corrected chi connectivity index (χ4v) is 2.78. The lowest BCUT2D eigenvalue weighted by Crippen LogP contribution is -2.42. The minimum absolute atomic E-state index is 0.781. The molecule has 1 heterocycles. The highest BCUT2D eigenvalue weighted by Crippen LogP contribution is 2.54. The van der Waals surface area contributed by atoms with Gasteiger partial charge in [-0.15, -0.1) is 0 Å². The molecule has 1 nitrogen and oxygen atoms in total. The lowest BCUT2D eigenvalue weighted by atomic mass is 9.80.